The van der Waals surface area contributed by atoms with Gasteiger partial charge in [0.1, 0.15) is 0 Å². The maximum Gasteiger partial charge on any atom is 0.226 e. The third kappa shape index (κ3) is 4.31. The zero-order chi connectivity index (χ0) is 20.2. The van der Waals surface area contributed by atoms with E-state index in [4.69, 9.17) is 4.52 Å². The highest BCUT2D eigenvalue weighted by atomic mass is 16.5. The molecule has 0 unspecified atom stereocenters. The number of nitrogens with zero attached hydrogens (tertiary/aromatic N) is 4. The first-order valence-electron chi connectivity index (χ1n) is 9.54. The van der Waals surface area contributed by atoms with E-state index in [9.17, 15) is 9.59 Å². The highest BCUT2D eigenvalue weighted by Gasteiger charge is 2.22. The molecular weight excluding hydrogens is 370 g/mol. The van der Waals surface area contributed by atoms with Gasteiger partial charge in [-0.05, 0) is 48.7 Å². The molecule has 0 aliphatic carbocycles. The number of aromatic nitrogens is 3. The fraction of sp³-hybridized carbons (Fsp3) is 0.286. The lowest BCUT2D eigenvalue weighted by atomic mass is 10.1. The lowest BCUT2D eigenvalue weighted by molar-refractivity contribution is -0.117. The predicted molar refractivity (Wildman–Crippen MR) is 107 cm³/mol. The molecule has 148 valence electrons. The highest BCUT2D eigenvalue weighted by molar-refractivity contribution is 5.95. The van der Waals surface area contributed by atoms with Crippen molar-refractivity contribution >= 4 is 23.2 Å². The number of aryl methyl sites for hydroxylation is 1. The van der Waals surface area contributed by atoms with E-state index in [0.717, 1.165) is 28.9 Å². The van der Waals surface area contributed by atoms with Crippen molar-refractivity contribution < 1.29 is 14.1 Å². The summed E-state index contributed by atoms with van der Waals surface area (Å²) in [5, 5.41) is 6.86. The number of nitrogens with one attached hydrogen (secondary N) is 1. The maximum absolute atomic E-state index is 12.3. The van der Waals surface area contributed by atoms with Crippen molar-refractivity contribution in [2.45, 2.75) is 32.6 Å². The van der Waals surface area contributed by atoms with Gasteiger partial charge in [0.25, 0.3) is 0 Å². The molecule has 2 amide bonds. The first kappa shape index (κ1) is 18.8. The minimum atomic E-state index is -0.0710. The monoisotopic (exact) mass is 391 g/mol. The van der Waals surface area contributed by atoms with E-state index in [-0.39, 0.29) is 11.8 Å². The number of anilines is 2. The van der Waals surface area contributed by atoms with Crippen LogP contribution in [-0.4, -0.2) is 33.5 Å². The molecule has 0 bridgehead atoms. The topological polar surface area (TPSA) is 101 Å². The summed E-state index contributed by atoms with van der Waals surface area (Å²) >= 11 is 0. The van der Waals surface area contributed by atoms with Crippen LogP contribution in [0.3, 0.4) is 0 Å². The molecule has 1 aliphatic heterocycles. The van der Waals surface area contributed by atoms with Gasteiger partial charge in [0.2, 0.25) is 23.5 Å². The first-order chi connectivity index (χ1) is 14.1. The summed E-state index contributed by atoms with van der Waals surface area (Å²) in [5.74, 6) is 0.959. The van der Waals surface area contributed by atoms with Crippen molar-refractivity contribution in [3.05, 3.63) is 54.2 Å². The fourth-order valence-corrected chi connectivity index (χ4v) is 3.40. The normalized spacial score (nSPS) is 12.7. The number of amides is 2. The minimum Gasteiger partial charge on any atom is -0.339 e. The Morgan fingerprint density at radius 2 is 2.17 bits per heavy atom. The molecule has 3 heterocycles. The lowest BCUT2D eigenvalue weighted by Gasteiger charge is -2.15. The molecule has 29 heavy (non-hydrogen) atoms. The number of rotatable bonds is 6. The van der Waals surface area contributed by atoms with Crippen molar-refractivity contribution in [3.63, 3.8) is 0 Å². The Bertz CT molecular complexity index is 1030. The number of carbonyl (C=O) groups is 2. The molecule has 8 heteroatoms. The van der Waals surface area contributed by atoms with Crippen LogP contribution < -0.4 is 10.2 Å². The second-order valence-corrected chi connectivity index (χ2v) is 6.92. The Labute approximate surface area is 167 Å². The average Bonchev–Trinajstić information content (AvgIpc) is 3.35. The highest BCUT2D eigenvalue weighted by Crippen LogP contribution is 2.30. The molecule has 0 saturated carbocycles. The standard InChI is InChI=1S/C21H21N5O3/c1-14(27)26-11-9-15-12-17(7-8-18(15)26)23-19(28)5-2-6-20-24-21(25-29-20)16-4-3-10-22-13-16/h3-4,7-8,10,12-13H,2,5-6,9,11H2,1H3,(H,23,28). The molecule has 1 aliphatic rings. The Morgan fingerprint density at radius 3 is 2.97 bits per heavy atom. The van der Waals surface area contributed by atoms with Crippen LogP contribution in [0.15, 0.2) is 47.2 Å². The molecule has 8 nitrogen and oxygen atoms in total. The van der Waals surface area contributed by atoms with E-state index in [1.807, 2.05) is 30.3 Å². The molecule has 0 saturated heterocycles. The average molecular weight is 391 g/mol. The molecule has 1 N–H and O–H groups in total. The molecule has 3 aromatic rings. The number of hydrogen-bond donors (Lipinski definition) is 1. The van der Waals surface area contributed by atoms with Gasteiger partial charge in [-0.1, -0.05) is 5.16 Å². The van der Waals surface area contributed by atoms with Gasteiger partial charge in [0, 0.05) is 55.6 Å². The summed E-state index contributed by atoms with van der Waals surface area (Å²) in [6, 6.07) is 9.33. The summed E-state index contributed by atoms with van der Waals surface area (Å²) in [5.41, 5.74) is 3.54. The Morgan fingerprint density at radius 1 is 1.28 bits per heavy atom. The van der Waals surface area contributed by atoms with Crippen LogP contribution in [-0.2, 0) is 22.4 Å². The van der Waals surface area contributed by atoms with Crippen molar-refractivity contribution in [3.8, 4) is 11.4 Å². The number of fused-ring (bicyclic) bond motifs is 1. The largest absolute Gasteiger partial charge is 0.339 e. The van der Waals surface area contributed by atoms with E-state index in [1.165, 1.54) is 0 Å². The van der Waals surface area contributed by atoms with Crippen LogP contribution in [0.2, 0.25) is 0 Å². The van der Waals surface area contributed by atoms with Crippen LogP contribution in [0.4, 0.5) is 11.4 Å². The molecule has 2 aromatic heterocycles. The smallest absolute Gasteiger partial charge is 0.226 e. The summed E-state index contributed by atoms with van der Waals surface area (Å²) in [6.07, 6.45) is 5.64. The molecular formula is C21H21N5O3. The number of benzene rings is 1. The Balaban J connectivity index is 1.28. The van der Waals surface area contributed by atoms with Gasteiger partial charge in [-0.15, -0.1) is 0 Å². The first-order valence-corrected chi connectivity index (χ1v) is 9.54. The predicted octanol–water partition coefficient (Wildman–Crippen LogP) is 3.00. The maximum atomic E-state index is 12.3. The van der Waals surface area contributed by atoms with E-state index in [1.54, 1.807) is 24.2 Å². The lowest BCUT2D eigenvalue weighted by Crippen LogP contribution is -2.25. The summed E-state index contributed by atoms with van der Waals surface area (Å²) in [6.45, 7) is 2.25. The summed E-state index contributed by atoms with van der Waals surface area (Å²) in [7, 11) is 0. The van der Waals surface area contributed by atoms with Gasteiger partial charge in [0.15, 0.2) is 0 Å². The van der Waals surface area contributed by atoms with E-state index in [0.29, 0.717) is 37.5 Å². The van der Waals surface area contributed by atoms with Gasteiger partial charge in [-0.25, -0.2) is 0 Å². The molecule has 0 fully saturated rings. The van der Waals surface area contributed by atoms with Gasteiger partial charge < -0.3 is 14.7 Å². The quantitative estimate of drug-likeness (QED) is 0.693. The van der Waals surface area contributed by atoms with E-state index < -0.39 is 0 Å². The van der Waals surface area contributed by atoms with E-state index >= 15 is 0 Å². The van der Waals surface area contributed by atoms with Crippen LogP contribution >= 0.6 is 0 Å². The third-order valence-corrected chi connectivity index (χ3v) is 4.82. The van der Waals surface area contributed by atoms with Gasteiger partial charge in [0.05, 0.1) is 0 Å². The summed E-state index contributed by atoms with van der Waals surface area (Å²) in [4.78, 5) is 34.0. The second kappa shape index (κ2) is 8.22. The van der Waals surface area contributed by atoms with Gasteiger partial charge in [-0.2, -0.15) is 4.98 Å². The van der Waals surface area contributed by atoms with Crippen LogP contribution in [0.25, 0.3) is 11.4 Å². The second-order valence-electron chi connectivity index (χ2n) is 6.92. The Kier molecular flexibility index (Phi) is 5.33. The zero-order valence-corrected chi connectivity index (χ0v) is 16.1. The van der Waals surface area contributed by atoms with Gasteiger partial charge >= 0.3 is 0 Å². The molecule has 0 atom stereocenters. The van der Waals surface area contributed by atoms with Crippen LogP contribution in [0, 0.1) is 0 Å². The Hall–Kier alpha value is -3.55. The van der Waals surface area contributed by atoms with Crippen LogP contribution in [0.1, 0.15) is 31.2 Å². The third-order valence-electron chi connectivity index (χ3n) is 4.82. The van der Waals surface area contributed by atoms with Crippen LogP contribution in [0.5, 0.6) is 0 Å². The van der Waals surface area contributed by atoms with Crippen molar-refractivity contribution in [2.24, 2.45) is 0 Å². The number of hydrogen-bond acceptors (Lipinski definition) is 6. The van der Waals surface area contributed by atoms with Crippen molar-refractivity contribution in [2.75, 3.05) is 16.8 Å². The van der Waals surface area contributed by atoms with Gasteiger partial charge in [-0.3, -0.25) is 14.6 Å². The number of carbonyl (C=O) groups excluding carboxylic acids is 2. The van der Waals surface area contributed by atoms with E-state index in [2.05, 4.69) is 20.4 Å². The zero-order valence-electron chi connectivity index (χ0n) is 16.1. The summed E-state index contributed by atoms with van der Waals surface area (Å²) < 4.78 is 5.25. The molecule has 4 rings (SSSR count). The molecule has 0 radical (unpaired) electrons. The SMILES string of the molecule is CC(=O)N1CCc2cc(NC(=O)CCCc3nc(-c4cccnc4)no3)ccc21. The number of pyridine rings is 1. The molecule has 1 aromatic carbocycles. The van der Waals surface area contributed by atoms with Crippen molar-refractivity contribution in [1.82, 2.24) is 15.1 Å². The van der Waals surface area contributed by atoms with Crippen molar-refractivity contribution in [1.29, 1.82) is 0 Å². The fourth-order valence-electron chi connectivity index (χ4n) is 3.40. The minimum absolute atomic E-state index is 0.0354. The molecule has 0 spiro atoms.